The molecule has 8 nitrogen and oxygen atoms in total. The molecule has 0 aliphatic heterocycles. The standard InChI is InChI=1S/C28H23N5O3/c1-36-23-13-6-11-21(18-23)31-28(35)30-20-10-5-12-22(17-20)33-26-24(14-7-15-29-26)32-25(27(33)34)16-19-8-3-2-4-9-19/h2-15,17-18H,16H2,1H3,(H2,30,31,35). The number of rotatable bonds is 6. The van der Waals surface area contributed by atoms with Crippen molar-refractivity contribution in [2.75, 3.05) is 17.7 Å². The Morgan fingerprint density at radius 1 is 0.889 bits per heavy atom. The second kappa shape index (κ2) is 10.1. The van der Waals surface area contributed by atoms with Crippen LogP contribution in [-0.2, 0) is 6.42 Å². The first kappa shape index (κ1) is 22.8. The van der Waals surface area contributed by atoms with Gasteiger partial charge in [-0.2, -0.15) is 0 Å². The van der Waals surface area contributed by atoms with Gasteiger partial charge < -0.3 is 15.4 Å². The molecule has 0 saturated heterocycles. The average molecular weight is 478 g/mol. The maximum absolute atomic E-state index is 13.6. The summed E-state index contributed by atoms with van der Waals surface area (Å²) in [5.41, 5.74) is 3.87. The molecular formula is C28H23N5O3. The Bertz CT molecular complexity index is 1600. The molecule has 0 fully saturated rings. The van der Waals surface area contributed by atoms with Crippen LogP contribution in [-0.4, -0.2) is 27.7 Å². The van der Waals surface area contributed by atoms with Crippen LogP contribution in [0.5, 0.6) is 5.75 Å². The number of ether oxygens (including phenoxy) is 1. The Morgan fingerprint density at radius 2 is 1.64 bits per heavy atom. The summed E-state index contributed by atoms with van der Waals surface area (Å²) < 4.78 is 6.73. The van der Waals surface area contributed by atoms with Gasteiger partial charge in [0.1, 0.15) is 17.0 Å². The topological polar surface area (TPSA) is 98.1 Å². The fourth-order valence-corrected chi connectivity index (χ4v) is 3.93. The molecule has 2 amide bonds. The second-order valence-corrected chi connectivity index (χ2v) is 8.07. The summed E-state index contributed by atoms with van der Waals surface area (Å²) in [6.07, 6.45) is 2.02. The van der Waals surface area contributed by atoms with Gasteiger partial charge >= 0.3 is 6.03 Å². The van der Waals surface area contributed by atoms with E-state index < -0.39 is 6.03 Å². The zero-order valence-corrected chi connectivity index (χ0v) is 19.5. The van der Waals surface area contributed by atoms with Crippen molar-refractivity contribution in [2.45, 2.75) is 6.42 Å². The Labute approximate surface area is 207 Å². The van der Waals surface area contributed by atoms with E-state index in [4.69, 9.17) is 4.74 Å². The summed E-state index contributed by atoms with van der Waals surface area (Å²) in [5.74, 6) is 0.637. The molecule has 0 spiro atoms. The third kappa shape index (κ3) is 4.92. The lowest BCUT2D eigenvalue weighted by Crippen LogP contribution is -2.25. The van der Waals surface area contributed by atoms with E-state index >= 15 is 0 Å². The van der Waals surface area contributed by atoms with E-state index in [0.29, 0.717) is 46.1 Å². The molecule has 0 radical (unpaired) electrons. The van der Waals surface area contributed by atoms with E-state index in [2.05, 4.69) is 20.6 Å². The lowest BCUT2D eigenvalue weighted by Gasteiger charge is -2.13. The highest BCUT2D eigenvalue weighted by molar-refractivity contribution is 6.00. The molecule has 0 unspecified atom stereocenters. The number of urea groups is 1. The lowest BCUT2D eigenvalue weighted by molar-refractivity contribution is 0.262. The summed E-state index contributed by atoms with van der Waals surface area (Å²) in [4.78, 5) is 35.2. The first-order valence-electron chi connectivity index (χ1n) is 11.3. The first-order valence-corrected chi connectivity index (χ1v) is 11.3. The zero-order chi connectivity index (χ0) is 24.9. The van der Waals surface area contributed by atoms with Gasteiger partial charge in [0.15, 0.2) is 5.65 Å². The molecule has 0 bridgehead atoms. The van der Waals surface area contributed by atoms with Crippen LogP contribution in [0.15, 0.2) is 102 Å². The van der Waals surface area contributed by atoms with Gasteiger partial charge in [-0.25, -0.2) is 14.8 Å². The highest BCUT2D eigenvalue weighted by atomic mass is 16.5. The number of benzene rings is 3. The molecule has 0 saturated carbocycles. The first-order chi connectivity index (χ1) is 17.6. The van der Waals surface area contributed by atoms with E-state index in [0.717, 1.165) is 5.56 Å². The number of carbonyl (C=O) groups excluding carboxylic acids is 1. The smallest absolute Gasteiger partial charge is 0.323 e. The van der Waals surface area contributed by atoms with Crippen molar-refractivity contribution in [3.63, 3.8) is 0 Å². The van der Waals surface area contributed by atoms with Crippen LogP contribution in [0, 0.1) is 0 Å². The molecule has 178 valence electrons. The van der Waals surface area contributed by atoms with Gasteiger partial charge in [0, 0.05) is 30.1 Å². The minimum absolute atomic E-state index is 0.261. The summed E-state index contributed by atoms with van der Waals surface area (Å²) in [5, 5.41) is 5.60. The highest BCUT2D eigenvalue weighted by Gasteiger charge is 2.15. The van der Waals surface area contributed by atoms with E-state index in [9.17, 15) is 9.59 Å². The highest BCUT2D eigenvalue weighted by Crippen LogP contribution is 2.20. The Hall–Kier alpha value is -4.98. The molecule has 0 aliphatic carbocycles. The van der Waals surface area contributed by atoms with Gasteiger partial charge in [-0.05, 0) is 48.0 Å². The lowest BCUT2D eigenvalue weighted by atomic mass is 10.1. The normalized spacial score (nSPS) is 10.7. The Kier molecular flexibility index (Phi) is 6.40. The van der Waals surface area contributed by atoms with Gasteiger partial charge in [-0.3, -0.25) is 9.36 Å². The van der Waals surface area contributed by atoms with Crippen molar-refractivity contribution < 1.29 is 9.53 Å². The number of anilines is 2. The monoisotopic (exact) mass is 477 g/mol. The van der Waals surface area contributed by atoms with Crippen molar-refractivity contribution >= 4 is 28.6 Å². The summed E-state index contributed by atoms with van der Waals surface area (Å²) >= 11 is 0. The summed E-state index contributed by atoms with van der Waals surface area (Å²) in [6.45, 7) is 0. The SMILES string of the molecule is COc1cccc(NC(=O)Nc2cccc(-n3c(=O)c(Cc4ccccc4)nc4cccnc43)c2)c1. The van der Waals surface area contributed by atoms with Crippen LogP contribution in [0.1, 0.15) is 11.3 Å². The number of fused-ring (bicyclic) bond motifs is 1. The van der Waals surface area contributed by atoms with Crippen LogP contribution in [0.3, 0.4) is 0 Å². The molecule has 0 aliphatic rings. The fourth-order valence-electron chi connectivity index (χ4n) is 3.93. The van der Waals surface area contributed by atoms with Gasteiger partial charge in [0.2, 0.25) is 0 Å². The number of pyridine rings is 1. The number of amides is 2. The third-order valence-electron chi connectivity index (χ3n) is 5.59. The second-order valence-electron chi connectivity index (χ2n) is 8.07. The maximum atomic E-state index is 13.6. The van der Waals surface area contributed by atoms with Crippen molar-refractivity contribution in [3.8, 4) is 11.4 Å². The predicted molar refractivity (Wildman–Crippen MR) is 140 cm³/mol. The number of hydrogen-bond donors (Lipinski definition) is 2. The zero-order valence-electron chi connectivity index (χ0n) is 19.5. The Morgan fingerprint density at radius 3 is 2.42 bits per heavy atom. The fraction of sp³-hybridized carbons (Fsp3) is 0.0714. The van der Waals surface area contributed by atoms with Crippen molar-refractivity contribution in [1.29, 1.82) is 0 Å². The van der Waals surface area contributed by atoms with Crippen molar-refractivity contribution in [3.05, 3.63) is 119 Å². The number of nitrogens with zero attached hydrogens (tertiary/aromatic N) is 3. The predicted octanol–water partition coefficient (Wildman–Crippen LogP) is 5.02. The van der Waals surface area contributed by atoms with E-state index in [1.165, 1.54) is 4.57 Å². The molecule has 5 rings (SSSR count). The van der Waals surface area contributed by atoms with Crippen LogP contribution < -0.4 is 20.9 Å². The number of hydrogen-bond acceptors (Lipinski definition) is 5. The largest absolute Gasteiger partial charge is 0.497 e. The minimum atomic E-state index is -0.421. The van der Waals surface area contributed by atoms with Crippen LogP contribution >= 0.6 is 0 Å². The van der Waals surface area contributed by atoms with Crippen molar-refractivity contribution in [2.24, 2.45) is 0 Å². The van der Waals surface area contributed by atoms with Crippen LogP contribution in [0.2, 0.25) is 0 Å². The minimum Gasteiger partial charge on any atom is -0.497 e. The van der Waals surface area contributed by atoms with Gasteiger partial charge in [-0.15, -0.1) is 0 Å². The molecule has 2 aromatic heterocycles. The van der Waals surface area contributed by atoms with Gasteiger partial charge in [0.25, 0.3) is 5.56 Å². The molecule has 0 atom stereocenters. The number of carbonyl (C=O) groups is 1. The van der Waals surface area contributed by atoms with E-state index in [1.807, 2.05) is 36.4 Å². The summed E-state index contributed by atoms with van der Waals surface area (Å²) in [7, 11) is 1.57. The number of methoxy groups -OCH3 is 1. The number of nitrogens with one attached hydrogen (secondary N) is 2. The van der Waals surface area contributed by atoms with Gasteiger partial charge in [-0.1, -0.05) is 42.5 Å². The van der Waals surface area contributed by atoms with E-state index in [1.54, 1.807) is 67.9 Å². The van der Waals surface area contributed by atoms with Gasteiger partial charge in [0.05, 0.1) is 12.8 Å². The quantitative estimate of drug-likeness (QED) is 0.358. The molecule has 36 heavy (non-hydrogen) atoms. The average Bonchev–Trinajstić information content (AvgIpc) is 2.90. The molecular weight excluding hydrogens is 454 g/mol. The van der Waals surface area contributed by atoms with E-state index in [-0.39, 0.29) is 5.56 Å². The molecule has 5 aromatic rings. The third-order valence-corrected chi connectivity index (χ3v) is 5.59. The van der Waals surface area contributed by atoms with Crippen LogP contribution in [0.25, 0.3) is 16.9 Å². The Balaban J connectivity index is 1.48. The van der Waals surface area contributed by atoms with Crippen molar-refractivity contribution in [1.82, 2.24) is 14.5 Å². The maximum Gasteiger partial charge on any atom is 0.323 e. The molecule has 8 heteroatoms. The number of aromatic nitrogens is 3. The summed E-state index contributed by atoms with van der Waals surface area (Å²) in [6, 6.07) is 27.0. The molecule has 3 aromatic carbocycles. The molecule has 2 heterocycles. The molecule has 2 N–H and O–H groups in total. The van der Waals surface area contributed by atoms with Crippen LogP contribution in [0.4, 0.5) is 16.2 Å².